The van der Waals surface area contributed by atoms with Gasteiger partial charge in [-0.2, -0.15) is 5.26 Å². The molecule has 1 aliphatic heterocycles. The first-order chi connectivity index (χ1) is 16.1. The van der Waals surface area contributed by atoms with Gasteiger partial charge in [0.2, 0.25) is 0 Å². The Balaban J connectivity index is 1.33. The third-order valence-corrected chi connectivity index (χ3v) is 5.57. The van der Waals surface area contributed by atoms with Crippen molar-refractivity contribution < 1.29 is 9.59 Å². The molecular formula is C26H25N5O2. The maximum atomic E-state index is 13.0. The zero-order valence-corrected chi connectivity index (χ0v) is 18.2. The van der Waals surface area contributed by atoms with E-state index in [-0.39, 0.29) is 11.9 Å². The van der Waals surface area contributed by atoms with E-state index < -0.39 is 0 Å². The van der Waals surface area contributed by atoms with Gasteiger partial charge in [-0.15, -0.1) is 0 Å². The van der Waals surface area contributed by atoms with Crippen LogP contribution in [0.1, 0.15) is 22.3 Å². The van der Waals surface area contributed by atoms with Crippen LogP contribution < -0.4 is 15.5 Å². The summed E-state index contributed by atoms with van der Waals surface area (Å²) in [5.74, 6) is -0.0167. The molecule has 0 saturated carbocycles. The van der Waals surface area contributed by atoms with Gasteiger partial charge in [0.25, 0.3) is 5.91 Å². The Hall–Kier alpha value is -4.31. The summed E-state index contributed by atoms with van der Waals surface area (Å²) < 4.78 is 0. The Morgan fingerprint density at radius 3 is 2.09 bits per heavy atom. The first-order valence-corrected chi connectivity index (χ1v) is 10.9. The van der Waals surface area contributed by atoms with E-state index in [1.54, 1.807) is 24.3 Å². The Bertz CT molecular complexity index is 1140. The summed E-state index contributed by atoms with van der Waals surface area (Å²) in [6, 6.07) is 25.5. The van der Waals surface area contributed by atoms with Crippen LogP contribution in [0.15, 0.2) is 78.9 Å². The number of rotatable bonds is 4. The van der Waals surface area contributed by atoms with Crippen molar-refractivity contribution in [1.29, 1.82) is 5.26 Å². The number of benzene rings is 3. The average Bonchev–Trinajstić information content (AvgIpc) is 3.11. The van der Waals surface area contributed by atoms with Crippen LogP contribution in [0, 0.1) is 11.3 Å². The zero-order chi connectivity index (χ0) is 23.0. The van der Waals surface area contributed by atoms with Crippen molar-refractivity contribution in [3.63, 3.8) is 0 Å². The molecule has 33 heavy (non-hydrogen) atoms. The first-order valence-electron chi connectivity index (χ1n) is 10.9. The Kier molecular flexibility index (Phi) is 6.86. The molecule has 3 aromatic carbocycles. The molecule has 1 heterocycles. The van der Waals surface area contributed by atoms with Crippen LogP contribution in [-0.2, 0) is 0 Å². The van der Waals surface area contributed by atoms with Crippen LogP contribution in [-0.4, -0.2) is 43.0 Å². The molecule has 1 aliphatic rings. The minimum Gasteiger partial charge on any atom is -0.370 e. The fourth-order valence-electron chi connectivity index (χ4n) is 3.82. The molecule has 0 atom stereocenters. The van der Waals surface area contributed by atoms with E-state index in [4.69, 9.17) is 5.26 Å². The molecule has 1 saturated heterocycles. The predicted octanol–water partition coefficient (Wildman–Crippen LogP) is 4.55. The number of nitriles is 1. The second-order valence-electron chi connectivity index (χ2n) is 7.81. The van der Waals surface area contributed by atoms with E-state index in [0.717, 1.165) is 25.2 Å². The molecule has 0 aromatic heterocycles. The van der Waals surface area contributed by atoms with Gasteiger partial charge in [0, 0.05) is 48.8 Å². The summed E-state index contributed by atoms with van der Waals surface area (Å²) in [5, 5.41) is 14.5. The standard InChI is InChI=1S/C26H25N5O2/c27-19-20-7-13-24(14-8-20)30-15-4-16-31(18-17-30)25(32)21-9-11-23(12-10-21)29-26(33)28-22-5-2-1-3-6-22/h1-3,5-14H,4,15-18H2,(H2,28,29,33). The minimum atomic E-state index is -0.337. The van der Waals surface area contributed by atoms with Crippen molar-refractivity contribution >= 4 is 29.0 Å². The quantitative estimate of drug-likeness (QED) is 0.624. The molecule has 7 nitrogen and oxygen atoms in total. The molecule has 0 spiro atoms. The molecule has 2 N–H and O–H groups in total. The number of amides is 3. The molecule has 7 heteroatoms. The van der Waals surface area contributed by atoms with Crippen LogP contribution in [0.3, 0.4) is 0 Å². The van der Waals surface area contributed by atoms with Gasteiger partial charge in [0.1, 0.15) is 0 Å². The van der Waals surface area contributed by atoms with E-state index in [1.165, 1.54) is 0 Å². The summed E-state index contributed by atoms with van der Waals surface area (Å²) in [6.07, 6.45) is 0.866. The number of para-hydroxylation sites is 1. The van der Waals surface area contributed by atoms with Crippen molar-refractivity contribution in [2.24, 2.45) is 0 Å². The summed E-state index contributed by atoms with van der Waals surface area (Å²) >= 11 is 0. The van der Waals surface area contributed by atoms with Gasteiger partial charge in [0.15, 0.2) is 0 Å². The maximum absolute atomic E-state index is 13.0. The lowest BCUT2D eigenvalue weighted by atomic mass is 10.1. The Morgan fingerprint density at radius 1 is 0.758 bits per heavy atom. The molecule has 0 radical (unpaired) electrons. The van der Waals surface area contributed by atoms with E-state index in [1.807, 2.05) is 59.5 Å². The van der Waals surface area contributed by atoms with Crippen LogP contribution in [0.4, 0.5) is 21.9 Å². The number of urea groups is 1. The summed E-state index contributed by atoms with van der Waals surface area (Å²) in [7, 11) is 0. The number of nitrogens with zero attached hydrogens (tertiary/aromatic N) is 3. The number of carbonyl (C=O) groups excluding carboxylic acids is 2. The molecule has 4 rings (SSSR count). The van der Waals surface area contributed by atoms with Gasteiger partial charge >= 0.3 is 6.03 Å². The van der Waals surface area contributed by atoms with Crippen LogP contribution in [0.2, 0.25) is 0 Å². The fraction of sp³-hybridized carbons (Fsp3) is 0.192. The molecule has 0 unspecified atom stereocenters. The Labute approximate surface area is 193 Å². The highest BCUT2D eigenvalue weighted by Crippen LogP contribution is 2.19. The minimum absolute atomic E-state index is 0.0167. The van der Waals surface area contributed by atoms with Crippen molar-refractivity contribution in [1.82, 2.24) is 4.90 Å². The number of hydrogen-bond donors (Lipinski definition) is 2. The third-order valence-electron chi connectivity index (χ3n) is 5.57. The highest BCUT2D eigenvalue weighted by Gasteiger charge is 2.20. The number of hydrogen-bond acceptors (Lipinski definition) is 4. The summed E-state index contributed by atoms with van der Waals surface area (Å²) in [4.78, 5) is 29.3. The largest absolute Gasteiger partial charge is 0.370 e. The summed E-state index contributed by atoms with van der Waals surface area (Å²) in [6.45, 7) is 2.90. The molecule has 166 valence electrons. The second kappa shape index (κ2) is 10.3. The topological polar surface area (TPSA) is 88.5 Å². The normalized spacial score (nSPS) is 13.5. The van der Waals surface area contributed by atoms with Crippen molar-refractivity contribution in [3.05, 3.63) is 90.0 Å². The molecule has 0 bridgehead atoms. The van der Waals surface area contributed by atoms with Crippen molar-refractivity contribution in [3.8, 4) is 6.07 Å². The number of nitrogens with one attached hydrogen (secondary N) is 2. The van der Waals surface area contributed by atoms with Crippen LogP contribution in [0.25, 0.3) is 0 Å². The zero-order valence-electron chi connectivity index (χ0n) is 18.2. The monoisotopic (exact) mass is 439 g/mol. The highest BCUT2D eigenvalue weighted by molar-refractivity contribution is 6.00. The predicted molar refractivity (Wildman–Crippen MR) is 129 cm³/mol. The lowest BCUT2D eigenvalue weighted by molar-refractivity contribution is 0.0767. The molecular weight excluding hydrogens is 414 g/mol. The van der Waals surface area contributed by atoms with Gasteiger partial charge < -0.3 is 20.4 Å². The Morgan fingerprint density at radius 2 is 1.42 bits per heavy atom. The SMILES string of the molecule is N#Cc1ccc(N2CCCN(C(=O)c3ccc(NC(=O)Nc4ccccc4)cc3)CC2)cc1. The number of carbonyl (C=O) groups is 2. The molecule has 3 aromatic rings. The van der Waals surface area contributed by atoms with Crippen molar-refractivity contribution in [2.45, 2.75) is 6.42 Å². The molecule has 1 fully saturated rings. The van der Waals surface area contributed by atoms with Gasteiger partial charge in [0.05, 0.1) is 11.6 Å². The van der Waals surface area contributed by atoms with Gasteiger partial charge in [-0.25, -0.2) is 4.79 Å². The summed E-state index contributed by atoms with van der Waals surface area (Å²) in [5.41, 5.74) is 3.62. The average molecular weight is 440 g/mol. The van der Waals surface area contributed by atoms with E-state index in [2.05, 4.69) is 21.6 Å². The lowest BCUT2D eigenvalue weighted by Gasteiger charge is -2.24. The van der Waals surface area contributed by atoms with E-state index >= 15 is 0 Å². The highest BCUT2D eigenvalue weighted by atomic mass is 16.2. The second-order valence-corrected chi connectivity index (χ2v) is 7.81. The van der Waals surface area contributed by atoms with Crippen molar-refractivity contribution in [2.75, 3.05) is 41.7 Å². The van der Waals surface area contributed by atoms with Gasteiger partial charge in [-0.05, 0) is 67.1 Å². The fourth-order valence-corrected chi connectivity index (χ4v) is 3.82. The van der Waals surface area contributed by atoms with Crippen LogP contribution in [0.5, 0.6) is 0 Å². The lowest BCUT2D eigenvalue weighted by Crippen LogP contribution is -2.35. The van der Waals surface area contributed by atoms with Gasteiger partial charge in [-0.1, -0.05) is 18.2 Å². The van der Waals surface area contributed by atoms with E-state index in [0.29, 0.717) is 35.6 Å². The molecule has 0 aliphatic carbocycles. The van der Waals surface area contributed by atoms with E-state index in [9.17, 15) is 9.59 Å². The third kappa shape index (κ3) is 5.69. The number of anilines is 3. The van der Waals surface area contributed by atoms with Gasteiger partial charge in [-0.3, -0.25) is 4.79 Å². The first kappa shape index (κ1) is 21.9. The van der Waals surface area contributed by atoms with Crippen LogP contribution >= 0.6 is 0 Å². The smallest absolute Gasteiger partial charge is 0.323 e. The maximum Gasteiger partial charge on any atom is 0.323 e. The molecule has 3 amide bonds.